The number of carbonyl (C=O) groups is 4. The minimum atomic E-state index is -1.37. The van der Waals surface area contributed by atoms with E-state index in [1.165, 1.54) is 19.8 Å². The Morgan fingerprint density at radius 3 is 1.24 bits per heavy atom. The first-order chi connectivity index (χ1) is 33.1. The lowest BCUT2D eigenvalue weighted by Gasteiger charge is -2.54. The molecule has 2 saturated carbocycles. The van der Waals surface area contributed by atoms with Crippen molar-refractivity contribution in [2.45, 2.75) is 252 Å². The Hall–Kier alpha value is -2.28. The van der Waals surface area contributed by atoms with Gasteiger partial charge in [0, 0.05) is 72.2 Å². The molecule has 6 fully saturated rings. The Morgan fingerprint density at radius 1 is 0.535 bits per heavy atom. The van der Waals surface area contributed by atoms with Gasteiger partial charge in [-0.3, -0.25) is 24.1 Å². The highest BCUT2D eigenvalue weighted by Crippen LogP contribution is 2.45. The fraction of sp³-hybridized carbons (Fsp3) is 0.927. The van der Waals surface area contributed by atoms with E-state index in [1.807, 2.05) is 27.7 Å². The summed E-state index contributed by atoms with van der Waals surface area (Å²) < 4.78 is 49.0. The van der Waals surface area contributed by atoms with Crippen LogP contribution in [0.4, 0.5) is 0 Å². The predicted molar refractivity (Wildman–Crippen MR) is 265 cm³/mol. The van der Waals surface area contributed by atoms with Gasteiger partial charge in [0.15, 0.2) is 12.6 Å². The number of methoxy groups -OCH3 is 1. The van der Waals surface area contributed by atoms with Crippen LogP contribution in [0.25, 0.3) is 0 Å². The normalized spacial score (nSPS) is 29.3. The molecule has 0 aromatic carbocycles. The summed E-state index contributed by atoms with van der Waals surface area (Å²) in [5.74, 6) is -5.18. The Kier molecular flexibility index (Phi) is 19.0. The van der Waals surface area contributed by atoms with Crippen molar-refractivity contribution in [3.8, 4) is 0 Å². The summed E-state index contributed by atoms with van der Waals surface area (Å²) in [5.41, 5.74) is -3.68. The fourth-order valence-electron chi connectivity index (χ4n) is 12.6. The number of Topliss-reactive ketones (excluding diaryl/α,β-unsaturated/α-hetero) is 1. The predicted octanol–water partition coefficient (Wildman–Crippen LogP) is 9.22. The molecule has 2 aliphatic carbocycles. The largest absolute Gasteiger partial charge is 0.465 e. The molecule has 6 rings (SSSR count). The molecule has 4 aliphatic heterocycles. The summed E-state index contributed by atoms with van der Waals surface area (Å²) in [7, 11) is 1.66. The molecule has 1 spiro atoms. The zero-order chi connectivity index (χ0) is 52.2. The number of carbonyl (C=O) groups excluding carboxylic acids is 4. The molecular formula is C55H94N2O14. The SMILES string of the molecule is COCC(C)(C)C1OCC2(CO1)COC(C(C)(C)COC(=O)CC(C(=O)OC1CC(C)(C)N(OC3CCCCC3)C(C)(C)C1)C(CC(C)=O)C(=O)OC1CC(C)(C)N(OC3CCCCC3)C(C)(C)C1)OC2. The monoisotopic (exact) mass is 1010 g/mol. The van der Waals surface area contributed by atoms with Crippen molar-refractivity contribution in [2.24, 2.45) is 28.1 Å². The third kappa shape index (κ3) is 15.0. The number of hydrogen-bond donors (Lipinski definition) is 0. The highest BCUT2D eigenvalue weighted by molar-refractivity contribution is 5.89. The molecular weight excluding hydrogens is 913 g/mol. The summed E-state index contributed by atoms with van der Waals surface area (Å²) in [6.45, 7) is 27.7. The highest BCUT2D eigenvalue weighted by Gasteiger charge is 2.53. The molecule has 2 unspecified atom stereocenters. The van der Waals surface area contributed by atoms with Crippen LogP contribution in [0.2, 0.25) is 0 Å². The summed E-state index contributed by atoms with van der Waals surface area (Å²) in [6.07, 6.45) is 10.1. The van der Waals surface area contributed by atoms with Crippen molar-refractivity contribution in [2.75, 3.05) is 46.8 Å². The first-order valence-electron chi connectivity index (χ1n) is 27.0. The molecule has 16 nitrogen and oxygen atoms in total. The number of esters is 3. The molecule has 0 aromatic rings. The Balaban J connectivity index is 1.16. The van der Waals surface area contributed by atoms with E-state index in [4.69, 9.17) is 47.6 Å². The first-order valence-corrected chi connectivity index (χ1v) is 27.0. The lowest BCUT2D eigenvalue weighted by atomic mass is 9.79. The zero-order valence-corrected chi connectivity index (χ0v) is 46.3. The molecule has 16 heteroatoms. The quantitative estimate of drug-likeness (QED) is 0.0887. The van der Waals surface area contributed by atoms with E-state index in [2.05, 4.69) is 65.5 Å². The van der Waals surface area contributed by atoms with Gasteiger partial charge in [-0.05, 0) is 88.0 Å². The topological polar surface area (TPSA) is 167 Å². The zero-order valence-electron chi connectivity index (χ0n) is 46.3. The fourth-order valence-corrected chi connectivity index (χ4v) is 12.6. The number of nitrogens with zero attached hydrogens (tertiary/aromatic N) is 2. The highest BCUT2D eigenvalue weighted by atomic mass is 16.7. The maximum absolute atomic E-state index is 14.8. The van der Waals surface area contributed by atoms with E-state index >= 15 is 0 Å². The molecule has 0 radical (unpaired) electrons. The maximum Gasteiger partial charge on any atom is 0.310 e. The van der Waals surface area contributed by atoms with Crippen LogP contribution in [0.1, 0.15) is 193 Å². The number of hydroxylamine groups is 4. The summed E-state index contributed by atoms with van der Waals surface area (Å²) in [6, 6.07) is 0. The van der Waals surface area contributed by atoms with Gasteiger partial charge in [-0.15, -0.1) is 0 Å². The van der Waals surface area contributed by atoms with Crippen LogP contribution in [-0.4, -0.2) is 140 Å². The van der Waals surface area contributed by atoms with E-state index in [9.17, 15) is 19.2 Å². The van der Waals surface area contributed by atoms with Gasteiger partial charge in [-0.1, -0.05) is 66.2 Å². The maximum atomic E-state index is 14.8. The summed E-state index contributed by atoms with van der Waals surface area (Å²) >= 11 is 0. The van der Waals surface area contributed by atoms with Crippen LogP contribution in [0.5, 0.6) is 0 Å². The second-order valence-electron chi connectivity index (χ2n) is 26.3. The van der Waals surface area contributed by atoms with Gasteiger partial charge in [0.1, 0.15) is 24.6 Å². The number of piperidine rings is 2. The van der Waals surface area contributed by atoms with Gasteiger partial charge in [-0.25, -0.2) is 0 Å². The van der Waals surface area contributed by atoms with E-state index in [0.717, 1.165) is 51.4 Å². The Morgan fingerprint density at radius 2 is 0.887 bits per heavy atom. The van der Waals surface area contributed by atoms with Crippen molar-refractivity contribution >= 4 is 23.7 Å². The van der Waals surface area contributed by atoms with Crippen LogP contribution in [0.15, 0.2) is 0 Å². The number of hydrogen-bond acceptors (Lipinski definition) is 16. The van der Waals surface area contributed by atoms with Gasteiger partial charge < -0.3 is 42.7 Å². The molecule has 6 aliphatic rings. The second-order valence-corrected chi connectivity index (χ2v) is 26.3. The Bertz CT molecular complexity index is 1750. The van der Waals surface area contributed by atoms with Crippen LogP contribution >= 0.6 is 0 Å². The van der Waals surface area contributed by atoms with Gasteiger partial charge in [-0.2, -0.15) is 10.1 Å². The molecule has 408 valence electrons. The van der Waals surface area contributed by atoms with Crippen LogP contribution in [0, 0.1) is 28.1 Å². The third-order valence-electron chi connectivity index (χ3n) is 15.8. The Labute approximate surface area is 426 Å². The van der Waals surface area contributed by atoms with Crippen molar-refractivity contribution in [3.05, 3.63) is 0 Å². The van der Waals surface area contributed by atoms with Crippen molar-refractivity contribution in [1.82, 2.24) is 10.1 Å². The minimum Gasteiger partial charge on any atom is -0.465 e. The molecule has 0 amide bonds. The van der Waals surface area contributed by atoms with Crippen molar-refractivity contribution in [3.63, 3.8) is 0 Å². The molecule has 2 atom stereocenters. The first kappa shape index (κ1) is 58.0. The van der Waals surface area contributed by atoms with Gasteiger partial charge in [0.05, 0.1) is 68.9 Å². The van der Waals surface area contributed by atoms with Gasteiger partial charge >= 0.3 is 17.9 Å². The number of ether oxygens (including phenoxy) is 8. The molecule has 0 bridgehead atoms. The second kappa shape index (κ2) is 23.3. The lowest BCUT2D eigenvalue weighted by Crippen LogP contribution is -2.63. The van der Waals surface area contributed by atoms with E-state index in [0.29, 0.717) is 58.7 Å². The standard InChI is InChI=1S/C55H94N2O14/c1-37(58)25-42(45(60)68-40-27-51(6,7)56(52(8,9)28-40)70-38-21-17-15-18-22-38)43(46(61)69-41-29-53(10,11)57(54(12,13)30-41)71-39-23-19-16-20-24-39)26-44(59)63-32-50(4,5)48-66-35-55(36-67-48)33-64-47(65-34-55)49(2,3)31-62-14/h38-43,47-48H,15-36H2,1-14H3. The lowest BCUT2D eigenvalue weighted by molar-refractivity contribution is -0.337. The molecule has 0 N–H and O–H groups in total. The van der Waals surface area contributed by atoms with E-state index in [1.54, 1.807) is 7.11 Å². The third-order valence-corrected chi connectivity index (χ3v) is 15.8. The average molecular weight is 1010 g/mol. The minimum absolute atomic E-state index is 0.110. The molecule has 4 heterocycles. The van der Waals surface area contributed by atoms with Crippen molar-refractivity contribution in [1.29, 1.82) is 0 Å². The average Bonchev–Trinajstić information content (AvgIpc) is 3.27. The summed E-state index contributed by atoms with van der Waals surface area (Å²) in [5, 5.41) is 4.19. The molecule has 4 saturated heterocycles. The van der Waals surface area contributed by atoms with E-state index in [-0.39, 0.29) is 36.4 Å². The van der Waals surface area contributed by atoms with Crippen LogP contribution in [-0.2, 0) is 66.7 Å². The van der Waals surface area contributed by atoms with E-state index < -0.39 is 93.9 Å². The van der Waals surface area contributed by atoms with Gasteiger partial charge in [0.25, 0.3) is 0 Å². The number of ketones is 1. The smallest absolute Gasteiger partial charge is 0.310 e. The van der Waals surface area contributed by atoms with Gasteiger partial charge in [0.2, 0.25) is 0 Å². The van der Waals surface area contributed by atoms with Crippen molar-refractivity contribution < 1.29 is 66.7 Å². The van der Waals surface area contributed by atoms with Crippen LogP contribution < -0.4 is 0 Å². The summed E-state index contributed by atoms with van der Waals surface area (Å²) in [4.78, 5) is 70.3. The van der Waals surface area contributed by atoms with Crippen LogP contribution in [0.3, 0.4) is 0 Å². The molecule has 71 heavy (non-hydrogen) atoms. The number of rotatable bonds is 19. The molecule has 0 aromatic heterocycles.